The van der Waals surface area contributed by atoms with Gasteiger partial charge in [-0.15, -0.1) is 0 Å². The molecule has 0 aliphatic rings. The molecule has 4 heteroatoms. The van der Waals surface area contributed by atoms with E-state index in [1.807, 2.05) is 18.2 Å². The maximum Gasteiger partial charge on any atom is 0.164 e. The molecule has 0 bridgehead atoms. The van der Waals surface area contributed by atoms with Gasteiger partial charge in [-0.3, -0.25) is 0 Å². The first-order valence-electron chi connectivity index (χ1n) is 20.6. The van der Waals surface area contributed by atoms with Crippen LogP contribution in [0.1, 0.15) is 0 Å². The first kappa shape index (κ1) is 35.9. The molecule has 0 aliphatic heterocycles. The minimum absolute atomic E-state index is 0.611. The summed E-state index contributed by atoms with van der Waals surface area (Å²) in [7, 11) is 0. The van der Waals surface area contributed by atoms with E-state index in [-0.39, 0.29) is 0 Å². The number of aromatic nitrogens is 4. The summed E-state index contributed by atoms with van der Waals surface area (Å²) in [6.45, 7) is 0. The lowest BCUT2D eigenvalue weighted by Crippen LogP contribution is -2.01. The van der Waals surface area contributed by atoms with Gasteiger partial charge in [0, 0.05) is 33.2 Å². The Kier molecular flexibility index (Phi) is 9.14. The quantitative estimate of drug-likeness (QED) is 0.154. The molecule has 11 aromatic rings. The molecule has 0 atom stereocenters. The molecule has 9 aromatic carbocycles. The molecule has 2 heterocycles. The Bertz CT molecular complexity index is 3250. The zero-order chi connectivity index (χ0) is 40.5. The van der Waals surface area contributed by atoms with Gasteiger partial charge in [0.25, 0.3) is 0 Å². The van der Waals surface area contributed by atoms with Crippen LogP contribution < -0.4 is 0 Å². The number of para-hydroxylation sites is 1. The second kappa shape index (κ2) is 15.5. The van der Waals surface area contributed by atoms with Gasteiger partial charge in [-0.2, -0.15) is 0 Å². The summed E-state index contributed by atoms with van der Waals surface area (Å²) in [6.07, 6.45) is 0. The maximum absolute atomic E-state index is 5.24. The highest BCUT2D eigenvalue weighted by Crippen LogP contribution is 2.37. The van der Waals surface area contributed by atoms with Crippen LogP contribution in [-0.4, -0.2) is 19.5 Å². The number of fused-ring (bicyclic) bond motifs is 3. The fraction of sp³-hybridized carbons (Fsp3) is 0. The van der Waals surface area contributed by atoms with Crippen LogP contribution in [0.2, 0.25) is 0 Å². The van der Waals surface area contributed by atoms with Crippen LogP contribution in [-0.2, 0) is 0 Å². The molecule has 0 amide bonds. The van der Waals surface area contributed by atoms with Crippen molar-refractivity contribution < 1.29 is 0 Å². The summed E-state index contributed by atoms with van der Waals surface area (Å²) in [4.78, 5) is 15.6. The van der Waals surface area contributed by atoms with Gasteiger partial charge in [0.2, 0.25) is 0 Å². The van der Waals surface area contributed by atoms with E-state index in [0.717, 1.165) is 66.8 Å². The molecule has 11 rings (SSSR count). The lowest BCUT2D eigenvalue weighted by molar-refractivity contribution is 1.07. The van der Waals surface area contributed by atoms with E-state index in [4.69, 9.17) is 15.0 Å². The Morgan fingerprint density at radius 2 is 0.590 bits per heavy atom. The van der Waals surface area contributed by atoms with Crippen LogP contribution >= 0.6 is 0 Å². The van der Waals surface area contributed by atoms with Gasteiger partial charge in [0.15, 0.2) is 17.5 Å². The van der Waals surface area contributed by atoms with E-state index in [2.05, 4.69) is 217 Å². The molecule has 0 aliphatic carbocycles. The normalized spacial score (nSPS) is 11.3. The first-order chi connectivity index (χ1) is 30.2. The first-order valence-corrected chi connectivity index (χ1v) is 20.6. The van der Waals surface area contributed by atoms with Crippen LogP contribution in [0, 0.1) is 0 Å². The van der Waals surface area contributed by atoms with Gasteiger partial charge in [-0.1, -0.05) is 170 Å². The number of rotatable bonds is 8. The summed E-state index contributed by atoms with van der Waals surface area (Å²) in [5, 5.41) is 2.44. The molecule has 0 saturated carbocycles. The third-order valence-corrected chi connectivity index (χ3v) is 11.5. The van der Waals surface area contributed by atoms with E-state index in [9.17, 15) is 0 Å². The van der Waals surface area contributed by atoms with Crippen LogP contribution in [0.4, 0.5) is 0 Å². The van der Waals surface area contributed by atoms with E-state index in [1.54, 1.807) is 0 Å². The van der Waals surface area contributed by atoms with Crippen molar-refractivity contribution in [3.05, 3.63) is 231 Å². The minimum Gasteiger partial charge on any atom is -0.309 e. The lowest BCUT2D eigenvalue weighted by Gasteiger charge is -2.13. The Balaban J connectivity index is 1.05. The predicted molar refractivity (Wildman–Crippen MR) is 252 cm³/mol. The Morgan fingerprint density at radius 1 is 0.230 bits per heavy atom. The number of benzene rings is 9. The Labute approximate surface area is 354 Å². The number of hydrogen-bond donors (Lipinski definition) is 0. The van der Waals surface area contributed by atoms with Crippen molar-refractivity contribution in [1.82, 2.24) is 19.5 Å². The molecular formula is C57H38N4. The highest BCUT2D eigenvalue weighted by molar-refractivity contribution is 6.10. The second-order valence-electron chi connectivity index (χ2n) is 15.3. The van der Waals surface area contributed by atoms with Gasteiger partial charge in [-0.25, -0.2) is 15.0 Å². The van der Waals surface area contributed by atoms with Gasteiger partial charge < -0.3 is 4.57 Å². The van der Waals surface area contributed by atoms with Crippen LogP contribution in [0.15, 0.2) is 231 Å². The molecule has 0 fully saturated rings. The van der Waals surface area contributed by atoms with Crippen molar-refractivity contribution in [3.63, 3.8) is 0 Å². The fourth-order valence-electron chi connectivity index (χ4n) is 8.38. The minimum atomic E-state index is 0.611. The molecule has 0 unspecified atom stereocenters. The van der Waals surface area contributed by atoms with E-state index in [0.29, 0.717) is 17.5 Å². The van der Waals surface area contributed by atoms with Crippen LogP contribution in [0.3, 0.4) is 0 Å². The Morgan fingerprint density at radius 3 is 1.13 bits per heavy atom. The van der Waals surface area contributed by atoms with Crippen molar-refractivity contribution in [2.24, 2.45) is 0 Å². The van der Waals surface area contributed by atoms with Crippen LogP contribution in [0.25, 0.3) is 106 Å². The summed E-state index contributed by atoms with van der Waals surface area (Å²) in [5.74, 6) is 1.84. The van der Waals surface area contributed by atoms with Gasteiger partial charge in [-0.05, 0) is 105 Å². The molecule has 61 heavy (non-hydrogen) atoms. The fourth-order valence-corrected chi connectivity index (χ4v) is 8.38. The predicted octanol–water partition coefficient (Wildman–Crippen LogP) is 14.6. The topological polar surface area (TPSA) is 43.6 Å². The van der Waals surface area contributed by atoms with Crippen molar-refractivity contribution in [3.8, 4) is 84.4 Å². The summed E-state index contributed by atoms with van der Waals surface area (Å²) in [6, 6.07) is 81.1. The molecular weight excluding hydrogens is 741 g/mol. The second-order valence-corrected chi connectivity index (χ2v) is 15.3. The highest BCUT2D eigenvalue weighted by Gasteiger charge is 2.17. The molecule has 286 valence electrons. The SMILES string of the molecule is c1ccc(-c2ccc(-c3nc(-c4ccc(-n5c6ccccc6c6cc(-c7ccccc7)ccc65)cc4)nc(-c4cc(-c5ccccc5)cc(-c5ccccc5)c4)n3)cc2)cc1. The third kappa shape index (κ3) is 6.96. The van der Waals surface area contributed by atoms with Crippen molar-refractivity contribution >= 4 is 21.8 Å². The summed E-state index contributed by atoms with van der Waals surface area (Å²) >= 11 is 0. The zero-order valence-corrected chi connectivity index (χ0v) is 33.2. The molecule has 0 radical (unpaired) electrons. The molecule has 0 spiro atoms. The zero-order valence-electron chi connectivity index (χ0n) is 33.2. The smallest absolute Gasteiger partial charge is 0.164 e. The largest absolute Gasteiger partial charge is 0.309 e. The number of hydrogen-bond acceptors (Lipinski definition) is 3. The van der Waals surface area contributed by atoms with Crippen molar-refractivity contribution in [2.45, 2.75) is 0 Å². The molecule has 4 nitrogen and oxygen atoms in total. The molecule has 0 saturated heterocycles. The van der Waals surface area contributed by atoms with Crippen molar-refractivity contribution in [1.29, 1.82) is 0 Å². The number of nitrogens with zero attached hydrogens (tertiary/aromatic N) is 4. The maximum atomic E-state index is 5.24. The van der Waals surface area contributed by atoms with E-state index in [1.165, 1.54) is 21.9 Å². The van der Waals surface area contributed by atoms with E-state index < -0.39 is 0 Å². The van der Waals surface area contributed by atoms with Crippen molar-refractivity contribution in [2.75, 3.05) is 0 Å². The standard InChI is InChI=1S/C57H38N4/c1-5-15-39(16-6-1)43-25-27-44(28-26-43)55-58-56(60-57(59-55)49-36-47(41-19-9-3-10-20-41)35-48(37-49)42-21-11-4-12-22-42)45-29-32-50(33-30-45)61-53-24-14-13-23-51(53)52-38-46(31-34-54(52)61)40-17-7-2-8-18-40/h1-38H. The molecule has 2 aromatic heterocycles. The van der Waals surface area contributed by atoms with Gasteiger partial charge in [0.05, 0.1) is 11.0 Å². The lowest BCUT2D eigenvalue weighted by atomic mass is 9.96. The van der Waals surface area contributed by atoms with Gasteiger partial charge in [0.1, 0.15) is 0 Å². The van der Waals surface area contributed by atoms with Gasteiger partial charge >= 0.3 is 0 Å². The Hall–Kier alpha value is -8.21. The van der Waals surface area contributed by atoms with Crippen LogP contribution in [0.5, 0.6) is 0 Å². The molecule has 0 N–H and O–H groups in total. The summed E-state index contributed by atoms with van der Waals surface area (Å²) in [5.41, 5.74) is 15.3. The summed E-state index contributed by atoms with van der Waals surface area (Å²) < 4.78 is 2.35. The highest BCUT2D eigenvalue weighted by atomic mass is 15.0. The third-order valence-electron chi connectivity index (χ3n) is 11.5. The monoisotopic (exact) mass is 778 g/mol. The average molecular weight is 779 g/mol. The van der Waals surface area contributed by atoms with E-state index >= 15 is 0 Å². The average Bonchev–Trinajstić information content (AvgIpc) is 3.68.